The van der Waals surface area contributed by atoms with E-state index in [4.69, 9.17) is 0 Å². The fourth-order valence-corrected chi connectivity index (χ4v) is 1.32. The number of rotatable bonds is 3. The smallest absolute Gasteiger partial charge is 0.0264 e. The summed E-state index contributed by atoms with van der Waals surface area (Å²) in [7, 11) is 2.88. The predicted octanol–water partition coefficient (Wildman–Crippen LogP) is 2.69. The highest BCUT2D eigenvalue weighted by atomic mass is 31.0. The minimum atomic E-state index is 0.843. The molecule has 0 aromatic heterocycles. The van der Waals surface area contributed by atoms with Crippen LogP contribution in [0.1, 0.15) is 33.6 Å². The van der Waals surface area contributed by atoms with Gasteiger partial charge in [0.1, 0.15) is 0 Å². The maximum atomic E-state index is 2.88. The van der Waals surface area contributed by atoms with E-state index in [1.807, 2.05) is 0 Å². The van der Waals surface area contributed by atoms with Crippen molar-refractivity contribution in [2.75, 3.05) is 0 Å². The molecule has 0 saturated carbocycles. The molecule has 50 valence electrons. The molecule has 0 rings (SSSR count). The van der Waals surface area contributed by atoms with E-state index in [9.17, 15) is 0 Å². The second-order valence-electron chi connectivity index (χ2n) is 2.80. The van der Waals surface area contributed by atoms with Crippen molar-refractivity contribution in [3.63, 3.8) is 0 Å². The van der Waals surface area contributed by atoms with Crippen molar-refractivity contribution in [1.82, 2.24) is 0 Å². The van der Waals surface area contributed by atoms with Crippen molar-refractivity contribution in [2.24, 2.45) is 5.92 Å². The zero-order chi connectivity index (χ0) is 6.57. The molecule has 0 aliphatic rings. The van der Waals surface area contributed by atoms with Gasteiger partial charge in [0.05, 0.1) is 0 Å². The average molecular weight is 132 g/mol. The van der Waals surface area contributed by atoms with Crippen LogP contribution >= 0.6 is 9.24 Å². The van der Waals surface area contributed by atoms with Gasteiger partial charge in [-0.2, -0.15) is 0 Å². The third-order valence-corrected chi connectivity index (χ3v) is 2.04. The minimum absolute atomic E-state index is 0.843. The van der Waals surface area contributed by atoms with Gasteiger partial charge in [-0.25, -0.2) is 0 Å². The average Bonchev–Trinajstić information content (AvgIpc) is 1.65. The van der Waals surface area contributed by atoms with Crippen LogP contribution in [0.15, 0.2) is 0 Å². The molecule has 0 radical (unpaired) electrons. The molecule has 0 aromatic carbocycles. The van der Waals surface area contributed by atoms with E-state index in [1.165, 1.54) is 12.8 Å². The summed E-state index contributed by atoms with van der Waals surface area (Å²) >= 11 is 0. The van der Waals surface area contributed by atoms with E-state index in [1.54, 1.807) is 0 Å². The van der Waals surface area contributed by atoms with Crippen LogP contribution in [0.2, 0.25) is 0 Å². The van der Waals surface area contributed by atoms with Crippen LogP contribution in [0.5, 0.6) is 0 Å². The topological polar surface area (TPSA) is 0 Å². The largest absolute Gasteiger partial charge is 0.134 e. The Kier molecular flexibility index (Phi) is 4.56. The first-order valence-electron chi connectivity index (χ1n) is 3.42. The molecule has 2 atom stereocenters. The normalized spacial score (nSPS) is 14.6. The summed E-state index contributed by atoms with van der Waals surface area (Å²) in [5.74, 6) is 0.859. The Bertz CT molecular complexity index is 50.3. The molecule has 0 aromatic rings. The minimum Gasteiger partial charge on any atom is -0.134 e. The van der Waals surface area contributed by atoms with Crippen LogP contribution in [0.3, 0.4) is 0 Å². The highest BCUT2D eigenvalue weighted by Crippen LogP contribution is 2.14. The second-order valence-corrected chi connectivity index (χ2v) is 3.74. The summed E-state index contributed by atoms with van der Waals surface area (Å²) < 4.78 is 0. The SMILES string of the molecule is CCC(P)CC(C)C. The first kappa shape index (κ1) is 8.43. The molecule has 8 heavy (non-hydrogen) atoms. The Hall–Kier alpha value is 0.430. The summed E-state index contributed by atoms with van der Waals surface area (Å²) in [6.45, 7) is 6.78. The Morgan fingerprint density at radius 1 is 1.38 bits per heavy atom. The van der Waals surface area contributed by atoms with Crippen molar-refractivity contribution in [1.29, 1.82) is 0 Å². The van der Waals surface area contributed by atoms with Gasteiger partial charge in [0.15, 0.2) is 0 Å². The fourth-order valence-electron chi connectivity index (χ4n) is 0.772. The maximum Gasteiger partial charge on any atom is -0.0264 e. The van der Waals surface area contributed by atoms with E-state index in [0.29, 0.717) is 0 Å². The van der Waals surface area contributed by atoms with Crippen molar-refractivity contribution in [3.8, 4) is 0 Å². The van der Waals surface area contributed by atoms with Gasteiger partial charge in [-0.05, 0) is 24.4 Å². The van der Waals surface area contributed by atoms with Gasteiger partial charge in [-0.15, -0.1) is 9.24 Å². The third-order valence-electron chi connectivity index (χ3n) is 1.30. The zero-order valence-electron chi connectivity index (χ0n) is 6.15. The van der Waals surface area contributed by atoms with Crippen molar-refractivity contribution in [3.05, 3.63) is 0 Å². The fraction of sp³-hybridized carbons (Fsp3) is 1.00. The van der Waals surface area contributed by atoms with E-state index in [-0.39, 0.29) is 0 Å². The molecule has 0 amide bonds. The molecular formula is C7H17P. The van der Waals surface area contributed by atoms with Crippen molar-refractivity contribution in [2.45, 2.75) is 39.3 Å². The number of hydrogen-bond donors (Lipinski definition) is 0. The summed E-state index contributed by atoms with van der Waals surface area (Å²) in [6, 6.07) is 0. The summed E-state index contributed by atoms with van der Waals surface area (Å²) in [5.41, 5.74) is 0.843. The second kappa shape index (κ2) is 4.32. The van der Waals surface area contributed by atoms with Gasteiger partial charge in [-0.1, -0.05) is 20.8 Å². The molecule has 0 fully saturated rings. The molecule has 0 nitrogen and oxygen atoms in total. The number of hydrogen-bond acceptors (Lipinski definition) is 0. The molecule has 1 heteroatoms. The summed E-state index contributed by atoms with van der Waals surface area (Å²) in [6.07, 6.45) is 2.64. The van der Waals surface area contributed by atoms with Gasteiger partial charge in [0, 0.05) is 0 Å². The Labute approximate surface area is 55.3 Å². The molecule has 0 N–H and O–H groups in total. The van der Waals surface area contributed by atoms with E-state index < -0.39 is 0 Å². The van der Waals surface area contributed by atoms with Crippen LogP contribution in [0.25, 0.3) is 0 Å². The highest BCUT2D eigenvalue weighted by molar-refractivity contribution is 7.17. The van der Waals surface area contributed by atoms with E-state index in [0.717, 1.165) is 11.6 Å². The lowest BCUT2D eigenvalue weighted by atomic mass is 10.1. The van der Waals surface area contributed by atoms with Crippen LogP contribution in [-0.4, -0.2) is 5.66 Å². The molecular weight excluding hydrogens is 115 g/mol. The molecule has 2 unspecified atom stereocenters. The van der Waals surface area contributed by atoms with E-state index >= 15 is 0 Å². The quantitative estimate of drug-likeness (QED) is 0.518. The Balaban J connectivity index is 3.10. The maximum absolute atomic E-state index is 2.88. The third kappa shape index (κ3) is 4.59. The van der Waals surface area contributed by atoms with Gasteiger partial charge < -0.3 is 0 Å². The Morgan fingerprint density at radius 2 is 1.88 bits per heavy atom. The highest BCUT2D eigenvalue weighted by Gasteiger charge is 2.00. The first-order chi connectivity index (χ1) is 3.66. The summed E-state index contributed by atoms with van der Waals surface area (Å²) in [5, 5.41) is 0. The van der Waals surface area contributed by atoms with Gasteiger partial charge in [-0.3, -0.25) is 0 Å². The van der Waals surface area contributed by atoms with E-state index in [2.05, 4.69) is 30.0 Å². The van der Waals surface area contributed by atoms with Gasteiger partial charge in [0.25, 0.3) is 0 Å². The molecule has 0 aliphatic carbocycles. The van der Waals surface area contributed by atoms with Crippen molar-refractivity contribution >= 4 is 9.24 Å². The van der Waals surface area contributed by atoms with Crippen LogP contribution in [-0.2, 0) is 0 Å². The Morgan fingerprint density at radius 3 is 2.00 bits per heavy atom. The van der Waals surface area contributed by atoms with Gasteiger partial charge in [0.2, 0.25) is 0 Å². The molecule has 0 saturated heterocycles. The summed E-state index contributed by atoms with van der Waals surface area (Å²) in [4.78, 5) is 0. The van der Waals surface area contributed by atoms with Crippen LogP contribution in [0, 0.1) is 5.92 Å². The standard InChI is InChI=1S/C7H17P/c1-4-7(8)5-6(2)3/h6-7H,4-5,8H2,1-3H3. The zero-order valence-corrected chi connectivity index (χ0v) is 7.30. The lowest BCUT2D eigenvalue weighted by Crippen LogP contribution is -1.99. The molecule has 0 bridgehead atoms. The first-order valence-corrected chi connectivity index (χ1v) is 4.09. The molecule has 0 spiro atoms. The van der Waals surface area contributed by atoms with Crippen LogP contribution < -0.4 is 0 Å². The van der Waals surface area contributed by atoms with Gasteiger partial charge >= 0.3 is 0 Å². The molecule has 0 heterocycles. The lowest BCUT2D eigenvalue weighted by Gasteiger charge is -2.09. The lowest BCUT2D eigenvalue weighted by molar-refractivity contribution is 0.560. The molecule has 0 aliphatic heterocycles. The van der Waals surface area contributed by atoms with Crippen LogP contribution in [0.4, 0.5) is 0 Å². The predicted molar refractivity (Wildman–Crippen MR) is 43.2 cm³/mol. The monoisotopic (exact) mass is 132 g/mol. The van der Waals surface area contributed by atoms with Crippen molar-refractivity contribution < 1.29 is 0 Å².